The van der Waals surface area contributed by atoms with Crippen molar-refractivity contribution in [2.24, 2.45) is 0 Å². The van der Waals surface area contributed by atoms with Crippen molar-refractivity contribution in [2.45, 2.75) is 65.5 Å². The molecular formula is C37H43N3O7. The van der Waals surface area contributed by atoms with E-state index < -0.39 is 17.7 Å². The molecule has 1 fully saturated rings. The van der Waals surface area contributed by atoms with Crippen molar-refractivity contribution in [1.82, 2.24) is 14.4 Å². The molecule has 10 heteroatoms. The van der Waals surface area contributed by atoms with Gasteiger partial charge in [-0.2, -0.15) is 0 Å². The van der Waals surface area contributed by atoms with Gasteiger partial charge in [-0.1, -0.05) is 42.5 Å². The average Bonchev–Trinajstić information content (AvgIpc) is 3.51. The van der Waals surface area contributed by atoms with Gasteiger partial charge in [-0.3, -0.25) is 9.47 Å². The number of amides is 1. The van der Waals surface area contributed by atoms with Crippen LogP contribution < -0.4 is 4.74 Å². The molecule has 10 nitrogen and oxygen atoms in total. The Morgan fingerprint density at radius 3 is 2.26 bits per heavy atom. The predicted molar refractivity (Wildman–Crippen MR) is 179 cm³/mol. The van der Waals surface area contributed by atoms with Gasteiger partial charge in [0, 0.05) is 42.8 Å². The Hall–Kier alpha value is -4.83. The number of nitrogens with zero attached hydrogens (tertiary/aromatic N) is 3. The lowest BCUT2D eigenvalue weighted by Gasteiger charge is -2.45. The number of ether oxygens (including phenoxy) is 4. The van der Waals surface area contributed by atoms with Crippen LogP contribution in [-0.2, 0) is 27.4 Å². The Labute approximate surface area is 275 Å². The van der Waals surface area contributed by atoms with Gasteiger partial charge in [-0.15, -0.1) is 0 Å². The fourth-order valence-corrected chi connectivity index (χ4v) is 6.13. The lowest BCUT2D eigenvalue weighted by molar-refractivity contribution is 0.0165. The molecule has 0 bridgehead atoms. The number of benzene rings is 3. The van der Waals surface area contributed by atoms with E-state index in [1.165, 1.54) is 7.11 Å². The van der Waals surface area contributed by atoms with Gasteiger partial charge in [-0.05, 0) is 75.6 Å². The number of piperazine rings is 1. The van der Waals surface area contributed by atoms with Gasteiger partial charge >= 0.3 is 18.2 Å². The van der Waals surface area contributed by atoms with Gasteiger partial charge in [0.25, 0.3) is 0 Å². The van der Waals surface area contributed by atoms with Crippen LogP contribution in [0.4, 0.5) is 9.59 Å². The molecule has 2 heterocycles. The minimum absolute atomic E-state index is 0.165. The smallest absolute Gasteiger partial charge is 0.419 e. The number of fused-ring (bicyclic) bond motifs is 1. The van der Waals surface area contributed by atoms with Crippen LogP contribution in [0.2, 0.25) is 0 Å². The Morgan fingerprint density at radius 2 is 1.62 bits per heavy atom. The van der Waals surface area contributed by atoms with E-state index in [4.69, 9.17) is 18.9 Å². The topological polar surface area (TPSA) is 99.5 Å². The lowest BCUT2D eigenvalue weighted by Crippen LogP contribution is -2.55. The van der Waals surface area contributed by atoms with Crippen molar-refractivity contribution < 1.29 is 33.3 Å². The Balaban J connectivity index is 1.50. The fourth-order valence-electron chi connectivity index (χ4n) is 6.13. The van der Waals surface area contributed by atoms with E-state index >= 15 is 0 Å². The predicted octanol–water partition coefficient (Wildman–Crippen LogP) is 7.11. The molecule has 4 aromatic rings. The van der Waals surface area contributed by atoms with Crippen LogP contribution in [0.5, 0.6) is 5.75 Å². The summed E-state index contributed by atoms with van der Waals surface area (Å²) in [6.45, 7) is 11.0. The summed E-state index contributed by atoms with van der Waals surface area (Å²) in [6.07, 6.45) is 0.898. The van der Waals surface area contributed by atoms with Crippen molar-refractivity contribution in [3.8, 4) is 5.75 Å². The van der Waals surface area contributed by atoms with Crippen molar-refractivity contribution in [2.75, 3.05) is 27.3 Å². The molecule has 47 heavy (non-hydrogen) atoms. The van der Waals surface area contributed by atoms with Crippen LogP contribution in [0.1, 0.15) is 66.3 Å². The highest BCUT2D eigenvalue weighted by molar-refractivity contribution is 5.95. The molecule has 1 amide bonds. The zero-order chi connectivity index (χ0) is 33.9. The molecule has 3 aromatic carbocycles. The number of carbonyl (C=O) groups is 3. The SMILES string of the molecule is COC(=O)c1ccc(C2CN(C(=O)OCc3ccccc3)C(C)CN2Cc2c(OC)cc(C)c3c2ccn3C(=O)OC(C)(C)C)cc1. The summed E-state index contributed by atoms with van der Waals surface area (Å²) < 4.78 is 23.8. The first kappa shape index (κ1) is 33.5. The molecule has 1 saturated heterocycles. The Bertz CT molecular complexity index is 1740. The summed E-state index contributed by atoms with van der Waals surface area (Å²) in [5, 5.41) is 0.879. The summed E-state index contributed by atoms with van der Waals surface area (Å²) >= 11 is 0. The van der Waals surface area contributed by atoms with E-state index in [1.807, 2.05) is 89.2 Å². The van der Waals surface area contributed by atoms with Crippen molar-refractivity contribution in [1.29, 1.82) is 0 Å². The summed E-state index contributed by atoms with van der Waals surface area (Å²) in [5.74, 6) is 0.284. The third-order valence-electron chi connectivity index (χ3n) is 8.40. The maximum atomic E-state index is 13.4. The average molecular weight is 642 g/mol. The number of rotatable bonds is 7. The third kappa shape index (κ3) is 7.44. The summed E-state index contributed by atoms with van der Waals surface area (Å²) in [7, 11) is 2.99. The maximum absolute atomic E-state index is 13.4. The van der Waals surface area contributed by atoms with E-state index in [0.29, 0.717) is 30.9 Å². The molecule has 2 atom stereocenters. The molecule has 1 aromatic heterocycles. The minimum atomic E-state index is -0.647. The maximum Gasteiger partial charge on any atom is 0.419 e. The van der Waals surface area contributed by atoms with Crippen LogP contribution in [0.25, 0.3) is 10.9 Å². The third-order valence-corrected chi connectivity index (χ3v) is 8.40. The molecule has 0 saturated carbocycles. The summed E-state index contributed by atoms with van der Waals surface area (Å²) in [4.78, 5) is 42.9. The molecule has 1 aliphatic rings. The highest BCUT2D eigenvalue weighted by Gasteiger charge is 2.37. The minimum Gasteiger partial charge on any atom is -0.496 e. The van der Waals surface area contributed by atoms with Gasteiger partial charge in [0.2, 0.25) is 0 Å². The van der Waals surface area contributed by atoms with Gasteiger partial charge in [-0.25, -0.2) is 14.4 Å². The second kappa shape index (κ2) is 13.9. The number of hydrogen-bond donors (Lipinski definition) is 0. The molecule has 0 aliphatic carbocycles. The molecular weight excluding hydrogens is 598 g/mol. The standard InChI is InChI=1S/C37H43N3O7/c1-24-19-32(44-6)30(29-17-18-39(33(24)29)36(43)47-37(3,4)5)21-38-20-25(2)40(35(42)46-23-26-11-9-8-10-12-26)22-31(38)27-13-15-28(16-14-27)34(41)45-7/h8-19,25,31H,20-23H2,1-7H3. The number of aromatic nitrogens is 1. The molecule has 248 valence electrons. The first-order valence-corrected chi connectivity index (χ1v) is 15.7. The van der Waals surface area contributed by atoms with Crippen LogP contribution in [-0.4, -0.2) is 71.5 Å². The van der Waals surface area contributed by atoms with Crippen molar-refractivity contribution in [3.05, 3.63) is 101 Å². The number of hydrogen-bond acceptors (Lipinski definition) is 8. The molecule has 0 N–H and O–H groups in total. The second-order valence-electron chi connectivity index (χ2n) is 12.9. The molecule has 0 radical (unpaired) electrons. The van der Waals surface area contributed by atoms with Crippen molar-refractivity contribution in [3.63, 3.8) is 0 Å². The van der Waals surface area contributed by atoms with E-state index in [2.05, 4.69) is 4.90 Å². The zero-order valence-corrected chi connectivity index (χ0v) is 28.1. The lowest BCUT2D eigenvalue weighted by atomic mass is 9.96. The van der Waals surface area contributed by atoms with E-state index in [0.717, 1.165) is 33.2 Å². The zero-order valence-electron chi connectivity index (χ0n) is 28.1. The normalized spacial score (nSPS) is 17.0. The number of aryl methyl sites for hydroxylation is 1. The fraction of sp³-hybridized carbons (Fsp3) is 0.378. The first-order valence-electron chi connectivity index (χ1n) is 15.7. The van der Waals surface area contributed by atoms with Crippen LogP contribution >= 0.6 is 0 Å². The quantitative estimate of drug-likeness (QED) is 0.156. The second-order valence-corrected chi connectivity index (χ2v) is 12.9. The summed E-state index contributed by atoms with van der Waals surface area (Å²) in [5.41, 5.74) is 4.19. The summed E-state index contributed by atoms with van der Waals surface area (Å²) in [6, 6.07) is 20.3. The van der Waals surface area contributed by atoms with Crippen LogP contribution in [0.15, 0.2) is 72.9 Å². The number of carbonyl (C=O) groups excluding carboxylic acids is 3. The largest absolute Gasteiger partial charge is 0.496 e. The molecule has 5 rings (SSSR count). The van der Waals surface area contributed by atoms with Crippen LogP contribution in [0, 0.1) is 6.92 Å². The van der Waals surface area contributed by atoms with E-state index in [9.17, 15) is 14.4 Å². The van der Waals surface area contributed by atoms with E-state index in [-0.39, 0.29) is 24.8 Å². The highest BCUT2D eigenvalue weighted by Crippen LogP contribution is 2.37. The monoisotopic (exact) mass is 641 g/mol. The molecule has 1 aliphatic heterocycles. The number of methoxy groups -OCH3 is 2. The van der Waals surface area contributed by atoms with Gasteiger partial charge in [0.15, 0.2) is 0 Å². The van der Waals surface area contributed by atoms with Gasteiger partial charge < -0.3 is 23.8 Å². The van der Waals surface area contributed by atoms with E-state index in [1.54, 1.807) is 34.9 Å². The van der Waals surface area contributed by atoms with Crippen LogP contribution in [0.3, 0.4) is 0 Å². The van der Waals surface area contributed by atoms with Gasteiger partial charge in [0.1, 0.15) is 18.0 Å². The Kier molecular flexibility index (Phi) is 9.91. The van der Waals surface area contributed by atoms with Gasteiger partial charge in [0.05, 0.1) is 31.3 Å². The molecule has 2 unspecified atom stereocenters. The Morgan fingerprint density at radius 1 is 0.915 bits per heavy atom. The number of esters is 1. The van der Waals surface area contributed by atoms with Crippen molar-refractivity contribution >= 4 is 29.1 Å². The highest BCUT2D eigenvalue weighted by atomic mass is 16.6. The molecule has 0 spiro atoms. The first-order chi connectivity index (χ1) is 22.4.